The average Bonchev–Trinajstić information content (AvgIpc) is 2.98. The minimum absolute atomic E-state index is 0.336. The first-order valence-electron chi connectivity index (χ1n) is 4.66. The second-order valence-corrected chi connectivity index (χ2v) is 3.56. The van der Waals surface area contributed by atoms with Crippen LogP contribution in [0.2, 0.25) is 0 Å². The van der Waals surface area contributed by atoms with Crippen LogP contribution in [0.1, 0.15) is 29.9 Å². The molecule has 1 aliphatic carbocycles. The Bertz CT molecular complexity index is 348. The molecule has 0 aliphatic heterocycles. The van der Waals surface area contributed by atoms with Crippen molar-refractivity contribution in [2.75, 3.05) is 0 Å². The topological polar surface area (TPSA) is 62.2 Å². The maximum Gasteiger partial charge on any atom is 0.404 e. The molecule has 0 atom stereocenters. The van der Waals surface area contributed by atoms with Crippen molar-refractivity contribution in [2.24, 2.45) is 0 Å². The van der Waals surface area contributed by atoms with Gasteiger partial charge in [0.15, 0.2) is 0 Å². The number of hydrogen-bond donors (Lipinski definition) is 2. The van der Waals surface area contributed by atoms with Gasteiger partial charge in [0, 0.05) is 18.9 Å². The third-order valence-corrected chi connectivity index (χ3v) is 2.31. The SMILES string of the molecule is O=C(O)NCc1cncc(C2CC2)c1. The van der Waals surface area contributed by atoms with E-state index in [1.165, 1.54) is 18.4 Å². The second kappa shape index (κ2) is 3.65. The standard InChI is InChI=1S/C10H12N2O2/c13-10(14)12-5-7-3-9(6-11-4-7)8-1-2-8/h3-4,6,8,12H,1-2,5H2,(H,13,14). The van der Waals surface area contributed by atoms with Gasteiger partial charge in [0.2, 0.25) is 0 Å². The molecule has 1 heterocycles. The van der Waals surface area contributed by atoms with Crippen LogP contribution in [-0.2, 0) is 6.54 Å². The normalized spacial score (nSPS) is 15.1. The van der Waals surface area contributed by atoms with Crippen molar-refractivity contribution in [3.05, 3.63) is 29.6 Å². The number of hydrogen-bond acceptors (Lipinski definition) is 2. The van der Waals surface area contributed by atoms with Crippen LogP contribution in [0.25, 0.3) is 0 Å². The molecule has 1 amide bonds. The van der Waals surface area contributed by atoms with Gasteiger partial charge in [-0.2, -0.15) is 0 Å². The van der Waals surface area contributed by atoms with Gasteiger partial charge in [0.25, 0.3) is 0 Å². The van der Waals surface area contributed by atoms with Gasteiger partial charge < -0.3 is 10.4 Å². The van der Waals surface area contributed by atoms with Crippen molar-refractivity contribution in [1.29, 1.82) is 0 Å². The molecule has 0 bridgehead atoms. The first-order chi connectivity index (χ1) is 6.75. The number of carbonyl (C=O) groups is 1. The van der Waals surface area contributed by atoms with Gasteiger partial charge in [-0.1, -0.05) is 6.07 Å². The summed E-state index contributed by atoms with van der Waals surface area (Å²) in [4.78, 5) is 14.4. The summed E-state index contributed by atoms with van der Waals surface area (Å²) < 4.78 is 0. The Kier molecular flexibility index (Phi) is 2.35. The minimum Gasteiger partial charge on any atom is -0.465 e. The van der Waals surface area contributed by atoms with Crippen LogP contribution in [-0.4, -0.2) is 16.2 Å². The van der Waals surface area contributed by atoms with Crippen LogP contribution in [0.15, 0.2) is 18.5 Å². The highest BCUT2D eigenvalue weighted by Crippen LogP contribution is 2.39. The second-order valence-electron chi connectivity index (χ2n) is 3.56. The third kappa shape index (κ3) is 2.22. The van der Waals surface area contributed by atoms with Crippen molar-refractivity contribution >= 4 is 6.09 Å². The molecule has 0 unspecified atom stereocenters. The van der Waals surface area contributed by atoms with Gasteiger partial charge in [0.1, 0.15) is 0 Å². The van der Waals surface area contributed by atoms with Gasteiger partial charge in [-0.15, -0.1) is 0 Å². The Labute approximate surface area is 82.0 Å². The first kappa shape index (κ1) is 8.99. The molecule has 1 aromatic rings. The quantitative estimate of drug-likeness (QED) is 0.766. The average molecular weight is 192 g/mol. The molecular formula is C10H12N2O2. The van der Waals surface area contributed by atoms with E-state index in [2.05, 4.69) is 10.3 Å². The van der Waals surface area contributed by atoms with Crippen LogP contribution in [0.4, 0.5) is 4.79 Å². The lowest BCUT2D eigenvalue weighted by molar-refractivity contribution is 0.194. The van der Waals surface area contributed by atoms with Gasteiger partial charge in [-0.05, 0) is 29.9 Å². The number of nitrogens with one attached hydrogen (secondary N) is 1. The zero-order valence-corrected chi connectivity index (χ0v) is 7.73. The summed E-state index contributed by atoms with van der Waals surface area (Å²) in [7, 11) is 0. The van der Waals surface area contributed by atoms with Crippen molar-refractivity contribution < 1.29 is 9.90 Å². The fraction of sp³-hybridized carbons (Fsp3) is 0.400. The third-order valence-electron chi connectivity index (χ3n) is 2.31. The van der Waals surface area contributed by atoms with E-state index in [1.807, 2.05) is 12.3 Å². The minimum atomic E-state index is -0.998. The largest absolute Gasteiger partial charge is 0.465 e. The summed E-state index contributed by atoms with van der Waals surface area (Å²) in [5.41, 5.74) is 2.16. The molecule has 1 saturated carbocycles. The fourth-order valence-corrected chi connectivity index (χ4v) is 1.42. The lowest BCUT2D eigenvalue weighted by Crippen LogP contribution is -2.20. The highest BCUT2D eigenvalue weighted by molar-refractivity contribution is 5.64. The van der Waals surface area contributed by atoms with E-state index in [0.29, 0.717) is 12.5 Å². The smallest absolute Gasteiger partial charge is 0.404 e. The van der Waals surface area contributed by atoms with E-state index in [4.69, 9.17) is 5.11 Å². The Morgan fingerprint density at radius 1 is 1.57 bits per heavy atom. The van der Waals surface area contributed by atoms with E-state index in [-0.39, 0.29) is 0 Å². The van der Waals surface area contributed by atoms with E-state index >= 15 is 0 Å². The number of rotatable bonds is 3. The number of aromatic nitrogens is 1. The highest BCUT2D eigenvalue weighted by Gasteiger charge is 2.23. The Morgan fingerprint density at radius 2 is 2.36 bits per heavy atom. The summed E-state index contributed by atoms with van der Waals surface area (Å²) >= 11 is 0. The molecule has 4 nitrogen and oxygen atoms in total. The maximum atomic E-state index is 10.3. The zero-order chi connectivity index (χ0) is 9.97. The Morgan fingerprint density at radius 3 is 3.00 bits per heavy atom. The Hall–Kier alpha value is -1.58. The summed E-state index contributed by atoms with van der Waals surface area (Å²) in [5.74, 6) is 0.660. The van der Waals surface area contributed by atoms with Gasteiger partial charge in [-0.25, -0.2) is 4.79 Å². The van der Waals surface area contributed by atoms with Crippen LogP contribution >= 0.6 is 0 Å². The molecule has 0 spiro atoms. The zero-order valence-electron chi connectivity index (χ0n) is 7.73. The van der Waals surface area contributed by atoms with Crippen LogP contribution < -0.4 is 5.32 Å². The highest BCUT2D eigenvalue weighted by atomic mass is 16.4. The molecule has 14 heavy (non-hydrogen) atoms. The molecule has 74 valence electrons. The lowest BCUT2D eigenvalue weighted by Gasteiger charge is -2.03. The molecule has 0 radical (unpaired) electrons. The number of amides is 1. The molecule has 0 saturated heterocycles. The number of carboxylic acid groups (broad SMARTS) is 1. The van der Waals surface area contributed by atoms with Crippen molar-refractivity contribution in [1.82, 2.24) is 10.3 Å². The summed E-state index contributed by atoms with van der Waals surface area (Å²) in [6.45, 7) is 0.336. The summed E-state index contributed by atoms with van der Waals surface area (Å²) in [6.07, 6.45) is 5.03. The predicted molar refractivity (Wildman–Crippen MR) is 51.1 cm³/mol. The van der Waals surface area contributed by atoms with Gasteiger partial charge in [0.05, 0.1) is 0 Å². The fourth-order valence-electron chi connectivity index (χ4n) is 1.42. The molecule has 0 aromatic carbocycles. The maximum absolute atomic E-state index is 10.3. The van der Waals surface area contributed by atoms with Crippen LogP contribution in [0, 0.1) is 0 Å². The van der Waals surface area contributed by atoms with Crippen molar-refractivity contribution in [2.45, 2.75) is 25.3 Å². The molecular weight excluding hydrogens is 180 g/mol. The van der Waals surface area contributed by atoms with Crippen LogP contribution in [0.5, 0.6) is 0 Å². The molecule has 1 aliphatic rings. The number of pyridine rings is 1. The number of nitrogens with zero attached hydrogens (tertiary/aromatic N) is 1. The lowest BCUT2D eigenvalue weighted by atomic mass is 10.1. The summed E-state index contributed by atoms with van der Waals surface area (Å²) in [5, 5.41) is 10.8. The molecule has 1 fully saturated rings. The first-order valence-corrected chi connectivity index (χ1v) is 4.66. The van der Waals surface area contributed by atoms with Gasteiger partial charge in [-0.3, -0.25) is 4.98 Å². The summed E-state index contributed by atoms with van der Waals surface area (Å²) in [6, 6.07) is 2.03. The molecule has 2 N–H and O–H groups in total. The Balaban J connectivity index is 2.02. The van der Waals surface area contributed by atoms with Crippen molar-refractivity contribution in [3.63, 3.8) is 0 Å². The molecule has 2 rings (SSSR count). The van der Waals surface area contributed by atoms with Crippen LogP contribution in [0.3, 0.4) is 0 Å². The van der Waals surface area contributed by atoms with E-state index in [9.17, 15) is 4.79 Å². The van der Waals surface area contributed by atoms with E-state index in [0.717, 1.165) is 5.56 Å². The molecule has 1 aromatic heterocycles. The van der Waals surface area contributed by atoms with E-state index in [1.54, 1.807) is 6.20 Å². The molecule has 4 heteroatoms. The monoisotopic (exact) mass is 192 g/mol. The van der Waals surface area contributed by atoms with E-state index < -0.39 is 6.09 Å². The van der Waals surface area contributed by atoms with Gasteiger partial charge >= 0.3 is 6.09 Å². The van der Waals surface area contributed by atoms with Crippen molar-refractivity contribution in [3.8, 4) is 0 Å². The predicted octanol–water partition coefficient (Wildman–Crippen LogP) is 1.73.